The lowest BCUT2D eigenvalue weighted by molar-refractivity contribution is 0.643. The molecule has 2 atom stereocenters. The number of aromatic nitrogens is 1. The summed E-state index contributed by atoms with van der Waals surface area (Å²) < 4.78 is 0. The normalized spacial score (nSPS) is 25.1. The van der Waals surface area contributed by atoms with Gasteiger partial charge < -0.3 is 5.32 Å². The highest BCUT2D eigenvalue weighted by molar-refractivity contribution is 7.12. The van der Waals surface area contributed by atoms with Gasteiger partial charge in [-0.15, -0.1) is 11.3 Å². The Labute approximate surface area is 117 Å². The van der Waals surface area contributed by atoms with E-state index in [1.807, 2.05) is 11.3 Å². The molecule has 2 aliphatic rings. The van der Waals surface area contributed by atoms with Gasteiger partial charge in [-0.25, -0.2) is 4.98 Å². The summed E-state index contributed by atoms with van der Waals surface area (Å²) in [5.41, 5.74) is 4.07. The fourth-order valence-corrected chi connectivity index (χ4v) is 4.61. The minimum atomic E-state index is 0.498. The maximum absolute atomic E-state index is 4.96. The molecule has 1 aliphatic carbocycles. The van der Waals surface area contributed by atoms with Crippen LogP contribution < -0.4 is 5.32 Å². The standard InChI is InChI=1S/C16H18N2S/c1-10-9-14-15(12-6-3-2-5-11(10)12)18-16(19-14)13-7-4-8-17-13/h2-3,5-6,10,13,17H,4,7-9H2,1H3. The van der Waals surface area contributed by atoms with E-state index in [-0.39, 0.29) is 0 Å². The van der Waals surface area contributed by atoms with Crippen molar-refractivity contribution < 1.29 is 0 Å². The minimum absolute atomic E-state index is 0.498. The summed E-state index contributed by atoms with van der Waals surface area (Å²) in [6.45, 7) is 3.47. The minimum Gasteiger partial charge on any atom is -0.308 e. The molecule has 1 saturated heterocycles. The quantitative estimate of drug-likeness (QED) is 0.850. The molecule has 3 heteroatoms. The largest absolute Gasteiger partial charge is 0.308 e. The number of benzene rings is 1. The Kier molecular flexibility index (Phi) is 2.71. The summed E-state index contributed by atoms with van der Waals surface area (Å²) >= 11 is 1.93. The first kappa shape index (κ1) is 11.6. The third kappa shape index (κ3) is 1.84. The SMILES string of the molecule is CC1Cc2sc(C3CCCN3)nc2-c2ccccc21. The molecular formula is C16H18N2S. The molecule has 2 aromatic rings. The molecule has 2 unspecified atom stereocenters. The maximum Gasteiger partial charge on any atom is 0.111 e. The molecule has 19 heavy (non-hydrogen) atoms. The number of rotatable bonds is 1. The van der Waals surface area contributed by atoms with Crippen LogP contribution in [0, 0.1) is 0 Å². The van der Waals surface area contributed by atoms with E-state index in [0.29, 0.717) is 12.0 Å². The number of fused-ring (bicyclic) bond motifs is 3. The Morgan fingerprint density at radius 2 is 2.21 bits per heavy atom. The van der Waals surface area contributed by atoms with Crippen molar-refractivity contribution >= 4 is 11.3 Å². The van der Waals surface area contributed by atoms with E-state index in [1.165, 1.54) is 39.5 Å². The summed E-state index contributed by atoms with van der Waals surface area (Å²) in [5.74, 6) is 0.619. The Hall–Kier alpha value is -1.19. The van der Waals surface area contributed by atoms with Gasteiger partial charge in [0.2, 0.25) is 0 Å². The predicted molar refractivity (Wildman–Crippen MR) is 79.6 cm³/mol. The molecule has 1 aromatic heterocycles. The summed E-state index contributed by atoms with van der Waals surface area (Å²) in [5, 5.41) is 4.86. The second-order valence-electron chi connectivity index (χ2n) is 5.67. The smallest absolute Gasteiger partial charge is 0.111 e. The van der Waals surface area contributed by atoms with Crippen LogP contribution in [0.3, 0.4) is 0 Å². The molecule has 0 radical (unpaired) electrons. The molecule has 0 amide bonds. The number of thiazole rings is 1. The molecule has 1 N–H and O–H groups in total. The van der Waals surface area contributed by atoms with E-state index in [2.05, 4.69) is 36.5 Å². The Morgan fingerprint density at radius 1 is 1.32 bits per heavy atom. The van der Waals surface area contributed by atoms with Gasteiger partial charge in [-0.1, -0.05) is 31.2 Å². The highest BCUT2D eigenvalue weighted by Crippen LogP contribution is 2.43. The van der Waals surface area contributed by atoms with Crippen molar-refractivity contribution in [1.29, 1.82) is 0 Å². The van der Waals surface area contributed by atoms with Gasteiger partial charge in [0.25, 0.3) is 0 Å². The van der Waals surface area contributed by atoms with Gasteiger partial charge in [-0.2, -0.15) is 0 Å². The molecule has 1 aromatic carbocycles. The zero-order valence-corrected chi connectivity index (χ0v) is 12.0. The van der Waals surface area contributed by atoms with Crippen molar-refractivity contribution in [2.75, 3.05) is 6.54 Å². The van der Waals surface area contributed by atoms with E-state index in [0.717, 1.165) is 13.0 Å². The lowest BCUT2D eigenvalue weighted by Gasteiger charge is -2.21. The zero-order chi connectivity index (χ0) is 12.8. The average molecular weight is 270 g/mol. The number of hydrogen-bond donors (Lipinski definition) is 1. The molecule has 0 bridgehead atoms. The lowest BCUT2D eigenvalue weighted by atomic mass is 9.86. The third-order valence-electron chi connectivity index (χ3n) is 4.31. The van der Waals surface area contributed by atoms with Crippen molar-refractivity contribution in [3.8, 4) is 11.3 Å². The van der Waals surface area contributed by atoms with E-state index in [1.54, 1.807) is 0 Å². The molecule has 0 saturated carbocycles. The molecule has 1 aliphatic heterocycles. The Bertz CT molecular complexity index is 611. The summed E-state index contributed by atoms with van der Waals surface area (Å²) in [4.78, 5) is 6.45. The van der Waals surface area contributed by atoms with Crippen LogP contribution >= 0.6 is 11.3 Å². The van der Waals surface area contributed by atoms with Crippen molar-refractivity contribution in [3.05, 3.63) is 39.7 Å². The average Bonchev–Trinajstić information content (AvgIpc) is 3.07. The predicted octanol–water partition coefficient (Wildman–Crippen LogP) is 3.89. The fraction of sp³-hybridized carbons (Fsp3) is 0.438. The van der Waals surface area contributed by atoms with Gasteiger partial charge in [0.1, 0.15) is 5.01 Å². The van der Waals surface area contributed by atoms with Crippen molar-refractivity contribution in [2.24, 2.45) is 0 Å². The lowest BCUT2D eigenvalue weighted by Crippen LogP contribution is -2.12. The molecule has 1 fully saturated rings. The van der Waals surface area contributed by atoms with Gasteiger partial charge in [0.15, 0.2) is 0 Å². The first-order valence-corrected chi connectivity index (χ1v) is 7.97. The fourth-order valence-electron chi connectivity index (χ4n) is 3.29. The highest BCUT2D eigenvalue weighted by Gasteiger charge is 2.28. The van der Waals surface area contributed by atoms with Crippen LogP contribution in [-0.2, 0) is 6.42 Å². The molecule has 98 valence electrons. The maximum atomic E-state index is 4.96. The summed E-state index contributed by atoms with van der Waals surface area (Å²) in [7, 11) is 0. The van der Waals surface area contributed by atoms with E-state index >= 15 is 0 Å². The van der Waals surface area contributed by atoms with Crippen LogP contribution in [0.2, 0.25) is 0 Å². The molecule has 2 heterocycles. The van der Waals surface area contributed by atoms with Crippen LogP contribution in [-0.4, -0.2) is 11.5 Å². The van der Waals surface area contributed by atoms with Crippen molar-refractivity contribution in [2.45, 2.75) is 38.1 Å². The van der Waals surface area contributed by atoms with Crippen LogP contribution in [0.5, 0.6) is 0 Å². The molecule has 2 nitrogen and oxygen atoms in total. The van der Waals surface area contributed by atoms with Crippen molar-refractivity contribution in [1.82, 2.24) is 10.3 Å². The van der Waals surface area contributed by atoms with Gasteiger partial charge in [-0.05, 0) is 37.3 Å². The van der Waals surface area contributed by atoms with Crippen LogP contribution in [0.4, 0.5) is 0 Å². The number of nitrogens with one attached hydrogen (secondary N) is 1. The first-order chi connectivity index (χ1) is 9.33. The Morgan fingerprint density at radius 3 is 3.05 bits per heavy atom. The van der Waals surface area contributed by atoms with E-state index < -0.39 is 0 Å². The number of nitrogens with zero attached hydrogens (tertiary/aromatic N) is 1. The van der Waals surface area contributed by atoms with Crippen molar-refractivity contribution in [3.63, 3.8) is 0 Å². The second kappa shape index (κ2) is 4.43. The summed E-state index contributed by atoms with van der Waals surface area (Å²) in [6.07, 6.45) is 3.67. The third-order valence-corrected chi connectivity index (χ3v) is 5.50. The zero-order valence-electron chi connectivity index (χ0n) is 11.1. The van der Waals surface area contributed by atoms with Gasteiger partial charge in [0, 0.05) is 10.4 Å². The van der Waals surface area contributed by atoms with Crippen LogP contribution in [0.15, 0.2) is 24.3 Å². The Balaban J connectivity index is 1.81. The molecule has 4 rings (SSSR count). The van der Waals surface area contributed by atoms with E-state index in [9.17, 15) is 0 Å². The molecule has 0 spiro atoms. The van der Waals surface area contributed by atoms with Crippen LogP contribution in [0.25, 0.3) is 11.3 Å². The van der Waals surface area contributed by atoms with Gasteiger partial charge in [-0.3, -0.25) is 0 Å². The van der Waals surface area contributed by atoms with Gasteiger partial charge >= 0.3 is 0 Å². The van der Waals surface area contributed by atoms with Gasteiger partial charge in [0.05, 0.1) is 11.7 Å². The first-order valence-electron chi connectivity index (χ1n) is 7.15. The topological polar surface area (TPSA) is 24.9 Å². The summed E-state index contributed by atoms with van der Waals surface area (Å²) in [6, 6.07) is 9.27. The van der Waals surface area contributed by atoms with Crippen LogP contribution in [0.1, 0.15) is 47.2 Å². The highest BCUT2D eigenvalue weighted by atomic mass is 32.1. The van der Waals surface area contributed by atoms with E-state index in [4.69, 9.17) is 4.98 Å². The second-order valence-corrected chi connectivity index (χ2v) is 6.78. The molecular weight excluding hydrogens is 252 g/mol. The monoisotopic (exact) mass is 270 g/mol. The number of hydrogen-bond acceptors (Lipinski definition) is 3.